The molecule has 1 saturated heterocycles. The molecule has 1 amide bonds. The van der Waals surface area contributed by atoms with E-state index < -0.39 is 0 Å². The first kappa shape index (κ1) is 15.8. The number of carbonyl (C=O) groups excluding carboxylic acids is 1. The van der Waals surface area contributed by atoms with E-state index in [9.17, 15) is 4.79 Å². The van der Waals surface area contributed by atoms with Crippen LogP contribution in [0.4, 0.5) is 0 Å². The minimum atomic E-state index is 0.211. The van der Waals surface area contributed by atoms with Crippen molar-refractivity contribution >= 4 is 5.91 Å². The monoisotopic (exact) mass is 281 g/mol. The Morgan fingerprint density at radius 1 is 1.25 bits per heavy atom. The second-order valence-electron chi connectivity index (χ2n) is 6.91. The Labute approximate surface area is 123 Å². The first-order valence-electron chi connectivity index (χ1n) is 8.33. The SMILES string of the molecule is CC(N)C1CCN(CC(=O)NC2CCCCC2C)CC1. The van der Waals surface area contributed by atoms with Crippen LogP contribution in [0.3, 0.4) is 0 Å². The maximum atomic E-state index is 12.2. The lowest BCUT2D eigenvalue weighted by atomic mass is 9.86. The molecule has 116 valence electrons. The summed E-state index contributed by atoms with van der Waals surface area (Å²) in [5.41, 5.74) is 5.95. The van der Waals surface area contributed by atoms with Crippen molar-refractivity contribution in [2.45, 2.75) is 64.5 Å². The smallest absolute Gasteiger partial charge is 0.234 e. The summed E-state index contributed by atoms with van der Waals surface area (Å²) in [6.07, 6.45) is 7.24. The molecule has 1 heterocycles. The molecule has 20 heavy (non-hydrogen) atoms. The standard InChI is InChI=1S/C16H31N3O/c1-12-5-3-4-6-15(12)18-16(20)11-19-9-7-14(8-10-19)13(2)17/h12-15H,3-11,17H2,1-2H3,(H,18,20). The molecule has 1 aliphatic carbocycles. The van der Waals surface area contributed by atoms with E-state index in [1.54, 1.807) is 0 Å². The van der Waals surface area contributed by atoms with Gasteiger partial charge in [0.15, 0.2) is 0 Å². The number of hydrogen-bond acceptors (Lipinski definition) is 3. The fourth-order valence-corrected chi connectivity index (χ4v) is 3.62. The molecule has 4 heteroatoms. The number of rotatable bonds is 4. The van der Waals surface area contributed by atoms with Crippen molar-refractivity contribution in [3.8, 4) is 0 Å². The molecule has 1 saturated carbocycles. The summed E-state index contributed by atoms with van der Waals surface area (Å²) in [6, 6.07) is 0.687. The van der Waals surface area contributed by atoms with Crippen LogP contribution < -0.4 is 11.1 Å². The van der Waals surface area contributed by atoms with Crippen molar-refractivity contribution in [3.05, 3.63) is 0 Å². The van der Waals surface area contributed by atoms with Gasteiger partial charge in [0.05, 0.1) is 6.54 Å². The highest BCUT2D eigenvalue weighted by Gasteiger charge is 2.26. The molecular weight excluding hydrogens is 250 g/mol. The van der Waals surface area contributed by atoms with Gasteiger partial charge in [-0.1, -0.05) is 19.8 Å². The molecule has 1 aliphatic heterocycles. The molecule has 0 aromatic heterocycles. The molecule has 4 nitrogen and oxygen atoms in total. The van der Waals surface area contributed by atoms with E-state index in [1.165, 1.54) is 19.3 Å². The van der Waals surface area contributed by atoms with E-state index in [-0.39, 0.29) is 11.9 Å². The molecule has 2 fully saturated rings. The Hall–Kier alpha value is -0.610. The lowest BCUT2D eigenvalue weighted by Gasteiger charge is -2.34. The number of nitrogens with one attached hydrogen (secondary N) is 1. The van der Waals surface area contributed by atoms with Crippen molar-refractivity contribution in [1.29, 1.82) is 0 Å². The van der Waals surface area contributed by atoms with Crippen molar-refractivity contribution < 1.29 is 4.79 Å². The summed E-state index contributed by atoms with van der Waals surface area (Å²) < 4.78 is 0. The number of carbonyl (C=O) groups is 1. The average Bonchev–Trinajstić information content (AvgIpc) is 2.42. The summed E-state index contributed by atoms with van der Waals surface area (Å²) in [5.74, 6) is 1.48. The zero-order valence-electron chi connectivity index (χ0n) is 13.1. The first-order valence-corrected chi connectivity index (χ1v) is 8.33. The van der Waals surface area contributed by atoms with Crippen molar-refractivity contribution in [2.24, 2.45) is 17.6 Å². The molecule has 3 N–H and O–H groups in total. The highest BCUT2D eigenvalue weighted by molar-refractivity contribution is 5.78. The fraction of sp³-hybridized carbons (Fsp3) is 0.938. The third-order valence-electron chi connectivity index (χ3n) is 5.20. The second kappa shape index (κ2) is 7.41. The molecule has 0 spiro atoms. The van der Waals surface area contributed by atoms with Crippen LogP contribution in [-0.2, 0) is 4.79 Å². The van der Waals surface area contributed by atoms with Gasteiger partial charge in [0.25, 0.3) is 0 Å². The minimum absolute atomic E-state index is 0.211. The van der Waals surface area contributed by atoms with Crippen LogP contribution in [0.25, 0.3) is 0 Å². The van der Waals surface area contributed by atoms with E-state index in [0.717, 1.165) is 32.4 Å². The lowest BCUT2D eigenvalue weighted by Crippen LogP contribution is -2.48. The van der Waals surface area contributed by atoms with Gasteiger partial charge in [-0.05, 0) is 57.5 Å². The second-order valence-corrected chi connectivity index (χ2v) is 6.91. The fourth-order valence-electron chi connectivity index (χ4n) is 3.62. The maximum Gasteiger partial charge on any atom is 0.234 e. The number of nitrogens with two attached hydrogens (primary N) is 1. The van der Waals surface area contributed by atoms with Crippen molar-refractivity contribution in [1.82, 2.24) is 10.2 Å². The predicted molar refractivity (Wildman–Crippen MR) is 82.4 cm³/mol. The van der Waals surface area contributed by atoms with Crippen molar-refractivity contribution in [3.63, 3.8) is 0 Å². The number of likely N-dealkylation sites (tertiary alicyclic amines) is 1. The number of piperidine rings is 1. The van der Waals surface area contributed by atoms with E-state index in [0.29, 0.717) is 24.4 Å². The largest absolute Gasteiger partial charge is 0.352 e. The molecular formula is C16H31N3O. The van der Waals surface area contributed by atoms with E-state index in [2.05, 4.69) is 24.1 Å². The number of nitrogens with zero attached hydrogens (tertiary/aromatic N) is 1. The van der Waals surface area contributed by atoms with Gasteiger partial charge in [0.1, 0.15) is 0 Å². The van der Waals surface area contributed by atoms with Gasteiger partial charge in [0.2, 0.25) is 5.91 Å². The summed E-state index contributed by atoms with van der Waals surface area (Å²) >= 11 is 0. The van der Waals surface area contributed by atoms with E-state index in [1.807, 2.05) is 0 Å². The van der Waals surface area contributed by atoms with Crippen LogP contribution >= 0.6 is 0 Å². The van der Waals surface area contributed by atoms with Crippen molar-refractivity contribution in [2.75, 3.05) is 19.6 Å². The molecule has 0 aromatic carbocycles. The third kappa shape index (κ3) is 4.45. The molecule has 2 aliphatic rings. The van der Waals surface area contributed by atoms with Gasteiger partial charge in [-0.25, -0.2) is 0 Å². The van der Waals surface area contributed by atoms with Crippen LogP contribution in [0.5, 0.6) is 0 Å². The zero-order chi connectivity index (χ0) is 14.5. The van der Waals surface area contributed by atoms with Gasteiger partial charge < -0.3 is 11.1 Å². The van der Waals surface area contributed by atoms with Crippen LogP contribution in [0, 0.1) is 11.8 Å². The number of hydrogen-bond donors (Lipinski definition) is 2. The summed E-state index contributed by atoms with van der Waals surface area (Å²) in [6.45, 7) is 6.95. The molecule has 0 bridgehead atoms. The van der Waals surface area contributed by atoms with Gasteiger partial charge >= 0.3 is 0 Å². The zero-order valence-corrected chi connectivity index (χ0v) is 13.1. The Balaban J connectivity index is 1.70. The van der Waals surface area contributed by atoms with Gasteiger partial charge in [-0.2, -0.15) is 0 Å². The minimum Gasteiger partial charge on any atom is -0.352 e. The maximum absolute atomic E-state index is 12.2. The molecule has 3 unspecified atom stereocenters. The van der Waals surface area contributed by atoms with E-state index in [4.69, 9.17) is 5.73 Å². The summed E-state index contributed by atoms with van der Waals surface area (Å²) in [4.78, 5) is 14.4. The van der Waals surface area contributed by atoms with Gasteiger partial charge in [-0.15, -0.1) is 0 Å². The topological polar surface area (TPSA) is 58.4 Å². The Morgan fingerprint density at radius 2 is 1.90 bits per heavy atom. The summed E-state index contributed by atoms with van der Waals surface area (Å²) in [7, 11) is 0. The Kier molecular flexibility index (Phi) is 5.85. The molecule has 0 aromatic rings. The molecule has 0 radical (unpaired) electrons. The Bertz CT molecular complexity index is 311. The van der Waals surface area contributed by atoms with Crippen LogP contribution in [0.15, 0.2) is 0 Å². The lowest BCUT2D eigenvalue weighted by molar-refractivity contribution is -0.123. The normalized spacial score (nSPS) is 30.9. The average molecular weight is 281 g/mol. The predicted octanol–water partition coefficient (Wildman–Crippen LogP) is 1.74. The van der Waals surface area contributed by atoms with E-state index >= 15 is 0 Å². The molecule has 2 rings (SSSR count). The van der Waals surface area contributed by atoms with Gasteiger partial charge in [0, 0.05) is 12.1 Å². The quantitative estimate of drug-likeness (QED) is 0.825. The summed E-state index contributed by atoms with van der Waals surface area (Å²) in [5, 5.41) is 3.24. The number of amides is 1. The molecule has 3 atom stereocenters. The van der Waals surface area contributed by atoms with Crippen LogP contribution in [-0.4, -0.2) is 42.5 Å². The third-order valence-corrected chi connectivity index (χ3v) is 5.20. The Morgan fingerprint density at radius 3 is 2.50 bits per heavy atom. The van der Waals surface area contributed by atoms with Gasteiger partial charge in [-0.3, -0.25) is 9.69 Å². The first-order chi connectivity index (χ1) is 9.56. The van der Waals surface area contributed by atoms with Crippen LogP contribution in [0.1, 0.15) is 52.4 Å². The highest BCUT2D eigenvalue weighted by atomic mass is 16.2. The highest BCUT2D eigenvalue weighted by Crippen LogP contribution is 2.24. The van der Waals surface area contributed by atoms with Crippen LogP contribution in [0.2, 0.25) is 0 Å².